The molecule has 33 heavy (non-hydrogen) atoms. The lowest BCUT2D eigenvalue weighted by Gasteiger charge is -2.20. The van der Waals surface area contributed by atoms with E-state index in [1.54, 1.807) is 65.8 Å². The summed E-state index contributed by atoms with van der Waals surface area (Å²) in [5.41, 5.74) is -0.363. The van der Waals surface area contributed by atoms with Crippen LogP contribution in [0.3, 0.4) is 0 Å². The molecule has 0 atom stereocenters. The molecule has 2 aromatic rings. The molecule has 0 aromatic heterocycles. The number of benzene rings is 2. The Labute approximate surface area is 194 Å². The van der Waals surface area contributed by atoms with Crippen LogP contribution < -0.4 is 10.6 Å². The number of nitrogens with one attached hydrogen (secondary N) is 2. The van der Waals surface area contributed by atoms with Gasteiger partial charge < -0.3 is 25.0 Å². The van der Waals surface area contributed by atoms with E-state index in [9.17, 15) is 19.8 Å². The maximum atomic E-state index is 11.9. The summed E-state index contributed by atoms with van der Waals surface area (Å²) in [5.74, 6) is 0.0262. The molecule has 0 spiro atoms. The highest BCUT2D eigenvalue weighted by Crippen LogP contribution is 2.40. The second kappa shape index (κ2) is 10.5. The summed E-state index contributed by atoms with van der Waals surface area (Å²) in [5, 5.41) is 28.0. The summed E-state index contributed by atoms with van der Waals surface area (Å²) in [7, 11) is 0. The number of carbonyl (C=O) groups excluding carboxylic acids is 2. The van der Waals surface area contributed by atoms with E-state index < -0.39 is 23.4 Å². The molecule has 0 unspecified atom stereocenters. The normalized spacial score (nSPS) is 12.1. The van der Waals surface area contributed by atoms with E-state index in [1.807, 2.05) is 0 Å². The molecule has 2 aromatic carbocycles. The van der Waals surface area contributed by atoms with Crippen molar-refractivity contribution in [3.05, 3.63) is 41.6 Å². The average Bonchev–Trinajstić information content (AvgIpc) is 2.67. The molecule has 0 aliphatic rings. The number of ether oxygens (including phenoxy) is 2. The summed E-state index contributed by atoms with van der Waals surface area (Å²) in [4.78, 5) is 23.8. The monoisotopic (exact) mass is 458 g/mol. The van der Waals surface area contributed by atoms with Gasteiger partial charge >= 0.3 is 12.2 Å². The molecule has 8 nitrogen and oxygen atoms in total. The Kier molecular flexibility index (Phi) is 8.19. The fraction of sp³-hybridized carbons (Fsp3) is 0.440. The van der Waals surface area contributed by atoms with Gasteiger partial charge in [0, 0.05) is 34.6 Å². The Balaban J connectivity index is 2.22. The lowest BCUT2D eigenvalue weighted by atomic mass is 9.94. The number of hydrogen-bond donors (Lipinski definition) is 4. The minimum absolute atomic E-state index is 0.0132. The third-order valence-corrected chi connectivity index (χ3v) is 4.43. The van der Waals surface area contributed by atoms with E-state index in [1.165, 1.54) is 12.3 Å². The highest BCUT2D eigenvalue weighted by atomic mass is 16.6. The number of fused-ring (bicyclic) bond motifs is 1. The Morgan fingerprint density at radius 2 is 1.45 bits per heavy atom. The molecule has 0 fully saturated rings. The molecular weight excluding hydrogens is 424 g/mol. The first-order valence-corrected chi connectivity index (χ1v) is 10.9. The SMILES string of the molecule is CC(C)(C)OC(=O)NC=Cc1c(CCCNC(=O)OC(C)(C)C)c(O)c2ccccc2c1O. The quantitative estimate of drug-likeness (QED) is 0.349. The van der Waals surface area contributed by atoms with Crippen LogP contribution >= 0.6 is 0 Å². The van der Waals surface area contributed by atoms with Gasteiger partial charge in [-0.3, -0.25) is 5.32 Å². The first-order chi connectivity index (χ1) is 15.3. The third-order valence-electron chi connectivity index (χ3n) is 4.43. The summed E-state index contributed by atoms with van der Waals surface area (Å²) < 4.78 is 10.4. The van der Waals surface area contributed by atoms with Crippen LogP contribution in [0.4, 0.5) is 9.59 Å². The predicted octanol–water partition coefficient (Wildman–Crippen LogP) is 5.20. The van der Waals surface area contributed by atoms with Gasteiger partial charge in [0.2, 0.25) is 0 Å². The van der Waals surface area contributed by atoms with Gasteiger partial charge in [0.05, 0.1) is 0 Å². The van der Waals surface area contributed by atoms with Crippen LogP contribution in [0.15, 0.2) is 30.5 Å². The molecule has 0 saturated heterocycles. The van der Waals surface area contributed by atoms with E-state index in [0.29, 0.717) is 41.3 Å². The first-order valence-electron chi connectivity index (χ1n) is 10.9. The number of aromatic hydroxyl groups is 2. The van der Waals surface area contributed by atoms with E-state index in [4.69, 9.17) is 9.47 Å². The maximum Gasteiger partial charge on any atom is 0.411 e. The lowest BCUT2D eigenvalue weighted by Crippen LogP contribution is -2.33. The van der Waals surface area contributed by atoms with E-state index in [-0.39, 0.29) is 11.5 Å². The van der Waals surface area contributed by atoms with Crippen molar-refractivity contribution in [2.75, 3.05) is 6.54 Å². The van der Waals surface area contributed by atoms with Gasteiger partial charge in [0.25, 0.3) is 0 Å². The molecule has 0 aliphatic heterocycles. The topological polar surface area (TPSA) is 117 Å². The van der Waals surface area contributed by atoms with Gasteiger partial charge in [-0.25, -0.2) is 9.59 Å². The number of amides is 2. The van der Waals surface area contributed by atoms with Crippen molar-refractivity contribution in [2.45, 2.75) is 65.6 Å². The van der Waals surface area contributed by atoms with Gasteiger partial charge in [-0.15, -0.1) is 0 Å². The fourth-order valence-electron chi connectivity index (χ4n) is 3.18. The number of phenols is 2. The molecule has 0 radical (unpaired) electrons. The van der Waals surface area contributed by atoms with Crippen LogP contribution in [0.5, 0.6) is 11.5 Å². The van der Waals surface area contributed by atoms with Crippen molar-refractivity contribution in [2.24, 2.45) is 0 Å². The minimum Gasteiger partial charge on any atom is -0.507 e. The average molecular weight is 459 g/mol. The lowest BCUT2D eigenvalue weighted by molar-refractivity contribution is 0.0523. The van der Waals surface area contributed by atoms with Crippen LogP contribution in [-0.4, -0.2) is 40.1 Å². The Hall–Kier alpha value is -3.42. The van der Waals surface area contributed by atoms with E-state index >= 15 is 0 Å². The highest BCUT2D eigenvalue weighted by molar-refractivity contribution is 5.97. The smallest absolute Gasteiger partial charge is 0.411 e. The van der Waals surface area contributed by atoms with Crippen LogP contribution in [0.25, 0.3) is 16.8 Å². The predicted molar refractivity (Wildman–Crippen MR) is 128 cm³/mol. The summed E-state index contributed by atoms with van der Waals surface area (Å²) in [6.45, 7) is 10.9. The standard InChI is InChI=1S/C25H34N2O6/c1-24(2,3)32-22(30)26-14-9-12-18-19(13-15-27-23(31)33-25(4,5)6)21(29)17-11-8-7-10-16(17)20(18)28/h7-8,10-11,13,15,28-29H,9,12,14H2,1-6H3,(H,26,30)(H,27,31). The number of hydrogen-bond acceptors (Lipinski definition) is 6. The second-order valence-corrected chi connectivity index (χ2v) is 9.65. The molecule has 8 heteroatoms. The minimum atomic E-state index is -0.645. The van der Waals surface area contributed by atoms with Crippen LogP contribution in [0.1, 0.15) is 59.1 Å². The van der Waals surface area contributed by atoms with Crippen LogP contribution in [-0.2, 0) is 15.9 Å². The van der Waals surface area contributed by atoms with Crippen molar-refractivity contribution >= 4 is 29.0 Å². The van der Waals surface area contributed by atoms with E-state index in [0.717, 1.165) is 0 Å². The summed E-state index contributed by atoms with van der Waals surface area (Å²) in [6, 6.07) is 6.96. The van der Waals surface area contributed by atoms with Crippen molar-refractivity contribution < 1.29 is 29.3 Å². The van der Waals surface area contributed by atoms with Gasteiger partial charge in [0.15, 0.2) is 0 Å². The Morgan fingerprint density at radius 3 is 2.03 bits per heavy atom. The summed E-state index contributed by atoms with van der Waals surface area (Å²) >= 11 is 0. The largest absolute Gasteiger partial charge is 0.507 e. The zero-order chi connectivity index (χ0) is 24.8. The Bertz CT molecular complexity index is 1030. The molecular formula is C25H34N2O6. The van der Waals surface area contributed by atoms with Crippen molar-refractivity contribution in [3.8, 4) is 11.5 Å². The fourth-order valence-corrected chi connectivity index (χ4v) is 3.18. The zero-order valence-corrected chi connectivity index (χ0v) is 20.1. The molecule has 0 saturated carbocycles. The highest BCUT2D eigenvalue weighted by Gasteiger charge is 2.19. The van der Waals surface area contributed by atoms with Gasteiger partial charge in [0.1, 0.15) is 22.7 Å². The molecule has 0 heterocycles. The molecule has 180 valence electrons. The molecule has 2 rings (SSSR count). The zero-order valence-electron chi connectivity index (χ0n) is 20.1. The third kappa shape index (κ3) is 7.89. The molecule has 4 N–H and O–H groups in total. The van der Waals surface area contributed by atoms with Crippen molar-refractivity contribution in [1.82, 2.24) is 10.6 Å². The van der Waals surface area contributed by atoms with Gasteiger partial charge in [-0.2, -0.15) is 0 Å². The summed E-state index contributed by atoms with van der Waals surface area (Å²) in [6.07, 6.45) is 2.58. The first kappa shape index (κ1) is 25.8. The Morgan fingerprint density at radius 1 is 0.909 bits per heavy atom. The number of rotatable bonds is 6. The number of carbonyl (C=O) groups is 2. The van der Waals surface area contributed by atoms with Crippen molar-refractivity contribution in [3.63, 3.8) is 0 Å². The molecule has 0 bridgehead atoms. The van der Waals surface area contributed by atoms with E-state index in [2.05, 4.69) is 10.6 Å². The molecule has 2 amide bonds. The number of alkyl carbamates (subject to hydrolysis) is 2. The number of phenolic OH excluding ortho intramolecular Hbond substituents is 2. The van der Waals surface area contributed by atoms with Crippen LogP contribution in [0, 0.1) is 0 Å². The van der Waals surface area contributed by atoms with Gasteiger partial charge in [-0.05, 0) is 60.5 Å². The maximum absolute atomic E-state index is 11.9. The second-order valence-electron chi connectivity index (χ2n) is 9.65. The van der Waals surface area contributed by atoms with Crippen LogP contribution in [0.2, 0.25) is 0 Å². The van der Waals surface area contributed by atoms with Crippen molar-refractivity contribution in [1.29, 1.82) is 0 Å². The van der Waals surface area contributed by atoms with Gasteiger partial charge in [-0.1, -0.05) is 24.3 Å². The molecule has 0 aliphatic carbocycles.